The maximum absolute atomic E-state index is 11.4. The first-order chi connectivity index (χ1) is 9.86. The Bertz CT molecular complexity index is 445. The monoisotopic (exact) mass is 294 g/mol. The van der Waals surface area contributed by atoms with Crippen LogP contribution >= 0.6 is 0 Å². The minimum absolute atomic E-state index is 0.0129. The quantitative estimate of drug-likeness (QED) is 0.828. The van der Waals surface area contributed by atoms with E-state index in [1.807, 2.05) is 4.90 Å². The summed E-state index contributed by atoms with van der Waals surface area (Å²) in [6.45, 7) is 12.6. The molecule has 2 aliphatic rings. The molecule has 0 bridgehead atoms. The summed E-state index contributed by atoms with van der Waals surface area (Å²) in [6.07, 6.45) is 2.81. The highest BCUT2D eigenvalue weighted by atomic mass is 16.5. The number of nitrogens with zero attached hydrogens (tertiary/aromatic N) is 1. The molecule has 1 saturated heterocycles. The molecule has 5 nitrogen and oxygen atoms in total. The molecule has 0 aliphatic carbocycles. The van der Waals surface area contributed by atoms with E-state index in [-0.39, 0.29) is 36.7 Å². The van der Waals surface area contributed by atoms with Crippen LogP contribution in [0, 0.1) is 23.7 Å². The number of hydrogen-bond acceptors (Lipinski definition) is 4. The molecule has 2 heterocycles. The number of ether oxygens (including phenoxy) is 1. The molecule has 2 N–H and O–H groups in total. The van der Waals surface area contributed by atoms with Gasteiger partial charge in [0, 0.05) is 18.2 Å². The molecular weight excluding hydrogens is 268 g/mol. The highest BCUT2D eigenvalue weighted by Gasteiger charge is 2.49. The van der Waals surface area contributed by atoms with Crippen molar-refractivity contribution >= 4 is 5.91 Å². The Morgan fingerprint density at radius 1 is 1.33 bits per heavy atom. The molecule has 5 heteroatoms. The van der Waals surface area contributed by atoms with E-state index >= 15 is 0 Å². The first-order valence-electron chi connectivity index (χ1n) is 7.59. The van der Waals surface area contributed by atoms with Gasteiger partial charge in [-0.2, -0.15) is 0 Å². The number of aliphatic hydroxyl groups excluding tert-OH is 1. The third-order valence-electron chi connectivity index (χ3n) is 4.48. The summed E-state index contributed by atoms with van der Waals surface area (Å²) in [6, 6.07) is 0. The van der Waals surface area contributed by atoms with Gasteiger partial charge in [0.25, 0.3) is 5.91 Å². The summed E-state index contributed by atoms with van der Waals surface area (Å²) in [5.74, 6) is 1.71. The van der Waals surface area contributed by atoms with Crippen molar-refractivity contribution in [3.8, 4) is 0 Å². The van der Waals surface area contributed by atoms with E-state index in [4.69, 9.17) is 4.74 Å². The Balaban J connectivity index is 2.31. The lowest BCUT2D eigenvalue weighted by Crippen LogP contribution is -2.45. The summed E-state index contributed by atoms with van der Waals surface area (Å²) < 4.78 is 6.12. The van der Waals surface area contributed by atoms with Gasteiger partial charge in [0.2, 0.25) is 0 Å². The van der Waals surface area contributed by atoms with Gasteiger partial charge in [0.05, 0.1) is 12.7 Å². The number of nitrogens with one attached hydrogen (secondary N) is 1. The summed E-state index contributed by atoms with van der Waals surface area (Å²) in [5.41, 5.74) is 0. The fourth-order valence-corrected chi connectivity index (χ4v) is 3.59. The highest BCUT2D eigenvalue weighted by Crippen LogP contribution is 2.43. The molecule has 0 radical (unpaired) electrons. The molecule has 0 aromatic rings. The molecule has 2 rings (SSSR count). The summed E-state index contributed by atoms with van der Waals surface area (Å²) in [4.78, 5) is 13.2. The zero-order chi connectivity index (χ0) is 15.7. The molecule has 1 amide bonds. The van der Waals surface area contributed by atoms with Gasteiger partial charge in [0.1, 0.15) is 12.0 Å². The Kier molecular flexibility index (Phi) is 4.74. The minimum atomic E-state index is -0.209. The van der Waals surface area contributed by atoms with Crippen molar-refractivity contribution in [1.82, 2.24) is 10.2 Å². The van der Waals surface area contributed by atoms with Crippen LogP contribution in [-0.2, 0) is 9.53 Å². The zero-order valence-corrected chi connectivity index (χ0v) is 13.2. The lowest BCUT2D eigenvalue weighted by molar-refractivity contribution is -0.118. The van der Waals surface area contributed by atoms with Crippen molar-refractivity contribution in [1.29, 1.82) is 0 Å². The van der Waals surface area contributed by atoms with Gasteiger partial charge in [-0.05, 0) is 17.8 Å². The van der Waals surface area contributed by atoms with Crippen molar-refractivity contribution < 1.29 is 14.6 Å². The molecule has 0 spiro atoms. The lowest BCUT2D eigenvalue weighted by Gasteiger charge is -2.37. The molecule has 0 saturated carbocycles. The van der Waals surface area contributed by atoms with Crippen LogP contribution in [0.3, 0.4) is 0 Å². The van der Waals surface area contributed by atoms with Crippen molar-refractivity contribution in [2.45, 2.75) is 40.0 Å². The predicted octanol–water partition coefficient (Wildman–Crippen LogP) is 1.66. The van der Waals surface area contributed by atoms with Crippen molar-refractivity contribution in [2.24, 2.45) is 23.7 Å². The van der Waals surface area contributed by atoms with Gasteiger partial charge in [-0.3, -0.25) is 4.79 Å². The van der Waals surface area contributed by atoms with Crippen LogP contribution in [0.15, 0.2) is 24.7 Å². The van der Waals surface area contributed by atoms with E-state index in [2.05, 4.69) is 39.6 Å². The molecule has 0 aromatic heterocycles. The zero-order valence-electron chi connectivity index (χ0n) is 13.2. The number of rotatable bonds is 4. The van der Waals surface area contributed by atoms with Crippen LogP contribution in [0.1, 0.15) is 27.7 Å². The van der Waals surface area contributed by atoms with Gasteiger partial charge in [-0.15, -0.1) is 0 Å². The SMILES string of the molecule is C=C1NC(=O)C=CN1[C@@H]1O[C@H](CO)C(C(C)C)C1C(C)C. The molecular formula is C16H26N2O3. The molecule has 2 unspecified atom stereocenters. The first-order valence-corrected chi connectivity index (χ1v) is 7.59. The van der Waals surface area contributed by atoms with Crippen LogP contribution in [0.25, 0.3) is 0 Å². The number of carbonyl (C=O) groups is 1. The number of aliphatic hydroxyl groups is 1. The summed E-state index contributed by atoms with van der Waals surface area (Å²) in [5, 5.41) is 12.4. The fourth-order valence-electron chi connectivity index (χ4n) is 3.59. The van der Waals surface area contributed by atoms with E-state index in [1.54, 1.807) is 6.20 Å². The molecule has 118 valence electrons. The number of carbonyl (C=O) groups excluding carboxylic acids is 1. The fraction of sp³-hybridized carbons (Fsp3) is 0.688. The van der Waals surface area contributed by atoms with E-state index in [0.29, 0.717) is 17.7 Å². The van der Waals surface area contributed by atoms with E-state index in [0.717, 1.165) is 0 Å². The van der Waals surface area contributed by atoms with Crippen LogP contribution < -0.4 is 5.32 Å². The molecule has 21 heavy (non-hydrogen) atoms. The maximum atomic E-state index is 11.4. The van der Waals surface area contributed by atoms with Crippen LogP contribution in [0.2, 0.25) is 0 Å². The number of amides is 1. The summed E-state index contributed by atoms with van der Waals surface area (Å²) in [7, 11) is 0. The minimum Gasteiger partial charge on any atom is -0.394 e. The Morgan fingerprint density at radius 2 is 1.95 bits per heavy atom. The van der Waals surface area contributed by atoms with E-state index in [9.17, 15) is 9.90 Å². The summed E-state index contributed by atoms with van der Waals surface area (Å²) >= 11 is 0. The second kappa shape index (κ2) is 6.20. The Labute approximate surface area is 126 Å². The molecule has 2 aliphatic heterocycles. The van der Waals surface area contributed by atoms with Gasteiger partial charge < -0.3 is 20.1 Å². The smallest absolute Gasteiger partial charge is 0.250 e. The standard InChI is InChI=1S/C16H26N2O3/c1-9(2)14-12(8-19)21-16(15(14)10(3)4)18-7-6-13(20)17-11(18)5/h6-7,9-10,12,14-16,19H,5,8H2,1-4H3,(H,17,20)/t12-,14?,15?,16-/m1/s1. The average molecular weight is 294 g/mol. The normalized spacial score (nSPS) is 33.2. The van der Waals surface area contributed by atoms with Crippen LogP contribution in [0.4, 0.5) is 0 Å². The topological polar surface area (TPSA) is 61.8 Å². The van der Waals surface area contributed by atoms with Crippen molar-refractivity contribution in [3.05, 3.63) is 24.7 Å². The molecule has 4 atom stereocenters. The predicted molar refractivity (Wildman–Crippen MR) is 80.7 cm³/mol. The Morgan fingerprint density at radius 3 is 2.43 bits per heavy atom. The van der Waals surface area contributed by atoms with Gasteiger partial charge in [-0.25, -0.2) is 0 Å². The van der Waals surface area contributed by atoms with Crippen LogP contribution in [0.5, 0.6) is 0 Å². The van der Waals surface area contributed by atoms with Gasteiger partial charge >= 0.3 is 0 Å². The van der Waals surface area contributed by atoms with Gasteiger partial charge in [0.15, 0.2) is 0 Å². The van der Waals surface area contributed by atoms with Crippen molar-refractivity contribution in [2.75, 3.05) is 6.61 Å². The largest absolute Gasteiger partial charge is 0.394 e. The van der Waals surface area contributed by atoms with Gasteiger partial charge in [-0.1, -0.05) is 34.3 Å². The second-order valence-electron chi connectivity index (χ2n) is 6.55. The second-order valence-corrected chi connectivity index (χ2v) is 6.55. The third kappa shape index (κ3) is 2.99. The van der Waals surface area contributed by atoms with E-state index < -0.39 is 0 Å². The third-order valence-corrected chi connectivity index (χ3v) is 4.48. The molecule has 1 fully saturated rings. The van der Waals surface area contributed by atoms with E-state index in [1.165, 1.54) is 6.08 Å². The Hall–Kier alpha value is -1.33. The lowest BCUT2D eigenvalue weighted by atomic mass is 9.75. The van der Waals surface area contributed by atoms with Crippen molar-refractivity contribution in [3.63, 3.8) is 0 Å². The average Bonchev–Trinajstić information content (AvgIpc) is 2.78. The first kappa shape index (κ1) is 16.0. The maximum Gasteiger partial charge on any atom is 0.250 e. The number of hydrogen-bond donors (Lipinski definition) is 2. The van der Waals surface area contributed by atoms with Crippen LogP contribution in [-0.4, -0.2) is 34.9 Å². The molecule has 0 aromatic carbocycles. The highest BCUT2D eigenvalue weighted by molar-refractivity contribution is 5.89.